The van der Waals surface area contributed by atoms with Gasteiger partial charge in [-0.1, -0.05) is 17.7 Å². The van der Waals surface area contributed by atoms with Crippen LogP contribution in [0, 0.1) is 19.8 Å². The lowest BCUT2D eigenvalue weighted by Crippen LogP contribution is -2.37. The van der Waals surface area contributed by atoms with Gasteiger partial charge in [0.25, 0.3) is 0 Å². The predicted molar refractivity (Wildman–Crippen MR) is 98.9 cm³/mol. The zero-order valence-corrected chi connectivity index (χ0v) is 15.4. The van der Waals surface area contributed by atoms with Crippen LogP contribution in [-0.2, 0) is 11.3 Å². The highest BCUT2D eigenvalue weighted by atomic mass is 16.5. The van der Waals surface area contributed by atoms with Crippen LogP contribution in [0.2, 0.25) is 0 Å². The molecule has 3 rings (SSSR count). The van der Waals surface area contributed by atoms with E-state index in [9.17, 15) is 9.90 Å². The molecule has 1 amide bonds. The van der Waals surface area contributed by atoms with Gasteiger partial charge < -0.3 is 19.7 Å². The van der Waals surface area contributed by atoms with Crippen molar-refractivity contribution in [1.82, 2.24) is 14.9 Å². The molecular weight excluding hydrogens is 330 g/mol. The van der Waals surface area contributed by atoms with Crippen LogP contribution in [0.4, 0.5) is 0 Å². The number of ether oxygens (including phenoxy) is 1. The number of hydrogen-bond donors (Lipinski definition) is 2. The Balaban J connectivity index is 1.42. The van der Waals surface area contributed by atoms with Crippen molar-refractivity contribution in [2.24, 2.45) is 5.92 Å². The first-order chi connectivity index (χ1) is 12.5. The van der Waals surface area contributed by atoms with Gasteiger partial charge in [0.2, 0.25) is 5.91 Å². The second kappa shape index (κ2) is 8.36. The molecule has 0 spiro atoms. The molecule has 1 aromatic heterocycles. The zero-order chi connectivity index (χ0) is 18.5. The third-order valence-corrected chi connectivity index (χ3v) is 5.06. The van der Waals surface area contributed by atoms with Gasteiger partial charge in [0.15, 0.2) is 0 Å². The fourth-order valence-corrected chi connectivity index (χ4v) is 3.36. The van der Waals surface area contributed by atoms with E-state index in [1.807, 2.05) is 48.9 Å². The number of hydrogen-bond acceptors (Lipinski definition) is 4. The largest absolute Gasteiger partial charge is 0.488 e. The summed E-state index contributed by atoms with van der Waals surface area (Å²) >= 11 is 0. The average Bonchev–Trinajstić information content (AvgIpc) is 3.19. The van der Waals surface area contributed by atoms with Crippen LogP contribution in [0.25, 0.3) is 0 Å². The highest BCUT2D eigenvalue weighted by Gasteiger charge is 2.36. The van der Waals surface area contributed by atoms with E-state index in [0.29, 0.717) is 19.5 Å². The molecule has 1 fully saturated rings. The number of aliphatic hydroxyl groups excluding tert-OH is 1. The van der Waals surface area contributed by atoms with E-state index in [2.05, 4.69) is 10.3 Å². The topological polar surface area (TPSA) is 76.4 Å². The Morgan fingerprint density at radius 1 is 1.31 bits per heavy atom. The standard InChI is InChI=1S/C20H27N3O3/c1-14-3-6-17(7-4-14)26-18-8-5-16(20(18)25)13-22-19(24)9-11-23-12-10-21-15(23)2/h3-4,6-7,10,12,16,18,20,25H,5,8-9,11,13H2,1-2H3,(H,22,24)/t16-,18-,20-/m1/s1. The van der Waals surface area contributed by atoms with Gasteiger partial charge in [0, 0.05) is 37.8 Å². The first-order valence-corrected chi connectivity index (χ1v) is 9.19. The third-order valence-electron chi connectivity index (χ3n) is 5.06. The monoisotopic (exact) mass is 357 g/mol. The number of carbonyl (C=O) groups excluding carboxylic acids is 1. The van der Waals surface area contributed by atoms with Gasteiger partial charge in [-0.3, -0.25) is 4.79 Å². The van der Waals surface area contributed by atoms with E-state index in [-0.39, 0.29) is 17.9 Å². The molecule has 0 saturated heterocycles. The lowest BCUT2D eigenvalue weighted by molar-refractivity contribution is -0.121. The SMILES string of the molecule is Cc1ccc(O[C@@H]2CC[C@H](CNC(=O)CCn3ccnc3C)[C@H]2O)cc1. The summed E-state index contributed by atoms with van der Waals surface area (Å²) in [6, 6.07) is 7.84. The van der Waals surface area contributed by atoms with Crippen molar-refractivity contribution in [3.8, 4) is 5.75 Å². The van der Waals surface area contributed by atoms with Crippen molar-refractivity contribution in [3.63, 3.8) is 0 Å². The Hall–Kier alpha value is -2.34. The predicted octanol–water partition coefficient (Wildman–Crippen LogP) is 2.22. The fraction of sp³-hybridized carbons (Fsp3) is 0.500. The van der Waals surface area contributed by atoms with Gasteiger partial charge in [-0.2, -0.15) is 0 Å². The minimum Gasteiger partial charge on any atom is -0.488 e. The number of amides is 1. The summed E-state index contributed by atoms with van der Waals surface area (Å²) in [7, 11) is 0. The Morgan fingerprint density at radius 2 is 2.08 bits per heavy atom. The maximum atomic E-state index is 12.1. The smallest absolute Gasteiger partial charge is 0.221 e. The van der Waals surface area contributed by atoms with Gasteiger partial charge in [-0.25, -0.2) is 4.98 Å². The highest BCUT2D eigenvalue weighted by Crippen LogP contribution is 2.29. The van der Waals surface area contributed by atoms with E-state index in [1.54, 1.807) is 6.20 Å². The molecule has 0 unspecified atom stereocenters. The first kappa shape index (κ1) is 18.5. The molecular formula is C20H27N3O3. The molecule has 26 heavy (non-hydrogen) atoms. The van der Waals surface area contributed by atoms with Crippen molar-refractivity contribution in [1.29, 1.82) is 0 Å². The minimum absolute atomic E-state index is 0.00629. The lowest BCUT2D eigenvalue weighted by atomic mass is 10.1. The number of nitrogens with one attached hydrogen (secondary N) is 1. The molecule has 0 bridgehead atoms. The minimum atomic E-state index is -0.563. The van der Waals surface area contributed by atoms with Gasteiger partial charge >= 0.3 is 0 Å². The second-order valence-electron chi connectivity index (χ2n) is 7.02. The average molecular weight is 357 g/mol. The second-order valence-corrected chi connectivity index (χ2v) is 7.02. The zero-order valence-electron chi connectivity index (χ0n) is 15.4. The molecule has 140 valence electrons. The Labute approximate surface area is 154 Å². The molecule has 0 aliphatic heterocycles. The van der Waals surface area contributed by atoms with Gasteiger partial charge in [0.1, 0.15) is 17.7 Å². The van der Waals surface area contributed by atoms with Crippen LogP contribution in [0.5, 0.6) is 5.75 Å². The van der Waals surface area contributed by atoms with Crippen LogP contribution < -0.4 is 10.1 Å². The number of benzene rings is 1. The molecule has 6 heteroatoms. The Morgan fingerprint density at radius 3 is 2.77 bits per heavy atom. The number of aryl methyl sites for hydroxylation is 3. The maximum absolute atomic E-state index is 12.1. The molecule has 1 heterocycles. The molecule has 2 N–H and O–H groups in total. The molecule has 1 aliphatic rings. The van der Waals surface area contributed by atoms with Crippen LogP contribution >= 0.6 is 0 Å². The first-order valence-electron chi connectivity index (χ1n) is 9.19. The maximum Gasteiger partial charge on any atom is 0.221 e. The summed E-state index contributed by atoms with van der Waals surface area (Å²) in [4.78, 5) is 16.2. The van der Waals surface area contributed by atoms with Crippen LogP contribution in [0.15, 0.2) is 36.7 Å². The summed E-state index contributed by atoms with van der Waals surface area (Å²) in [6.45, 7) is 5.04. The quantitative estimate of drug-likeness (QED) is 0.797. The van der Waals surface area contributed by atoms with Crippen LogP contribution in [0.3, 0.4) is 0 Å². The summed E-state index contributed by atoms with van der Waals surface area (Å²) in [5, 5.41) is 13.4. The lowest BCUT2D eigenvalue weighted by Gasteiger charge is -2.21. The number of aliphatic hydroxyl groups is 1. The van der Waals surface area contributed by atoms with Crippen molar-refractivity contribution in [2.75, 3.05) is 6.54 Å². The van der Waals surface area contributed by atoms with Gasteiger partial charge in [0.05, 0.1) is 6.10 Å². The summed E-state index contributed by atoms with van der Waals surface area (Å²) < 4.78 is 7.87. The molecule has 1 aromatic carbocycles. The summed E-state index contributed by atoms with van der Waals surface area (Å²) in [6.07, 6.45) is 4.87. The fourth-order valence-electron chi connectivity index (χ4n) is 3.36. The van der Waals surface area contributed by atoms with Crippen molar-refractivity contribution in [3.05, 3.63) is 48.0 Å². The van der Waals surface area contributed by atoms with E-state index in [0.717, 1.165) is 24.4 Å². The molecule has 6 nitrogen and oxygen atoms in total. The van der Waals surface area contributed by atoms with Crippen molar-refractivity contribution < 1.29 is 14.6 Å². The van der Waals surface area contributed by atoms with E-state index in [1.165, 1.54) is 5.56 Å². The molecule has 1 aliphatic carbocycles. The summed E-state index contributed by atoms with van der Waals surface area (Å²) in [5.74, 6) is 1.71. The van der Waals surface area contributed by atoms with Gasteiger partial charge in [-0.15, -0.1) is 0 Å². The summed E-state index contributed by atoms with van der Waals surface area (Å²) in [5.41, 5.74) is 1.18. The number of carbonyl (C=O) groups is 1. The van der Waals surface area contributed by atoms with Crippen molar-refractivity contribution in [2.45, 2.75) is 51.9 Å². The number of imidazole rings is 1. The number of aromatic nitrogens is 2. The highest BCUT2D eigenvalue weighted by molar-refractivity contribution is 5.75. The number of nitrogens with zero attached hydrogens (tertiary/aromatic N) is 2. The van der Waals surface area contributed by atoms with Gasteiger partial charge in [-0.05, 0) is 38.8 Å². The molecule has 1 saturated carbocycles. The van der Waals surface area contributed by atoms with E-state index >= 15 is 0 Å². The van der Waals surface area contributed by atoms with E-state index in [4.69, 9.17) is 4.74 Å². The van der Waals surface area contributed by atoms with E-state index < -0.39 is 6.10 Å². The molecule has 2 aromatic rings. The Bertz CT molecular complexity index is 726. The Kier molecular flexibility index (Phi) is 5.93. The van der Waals surface area contributed by atoms with Crippen molar-refractivity contribution >= 4 is 5.91 Å². The van der Waals surface area contributed by atoms with Crippen LogP contribution in [-0.4, -0.2) is 39.3 Å². The normalized spacial score (nSPS) is 22.3. The van der Waals surface area contributed by atoms with Crippen LogP contribution in [0.1, 0.15) is 30.7 Å². The molecule has 0 radical (unpaired) electrons. The third kappa shape index (κ3) is 4.64. The molecule has 3 atom stereocenters. The number of rotatable bonds is 7.